The fraction of sp³-hybridized carbons (Fsp3) is 0.429. The minimum atomic E-state index is 0.0436. The topological polar surface area (TPSA) is 49.4 Å². The summed E-state index contributed by atoms with van der Waals surface area (Å²) in [6, 6.07) is 14.2. The largest absolute Gasteiger partial charge is 0.351 e. The van der Waals surface area contributed by atoms with Crippen molar-refractivity contribution in [2.45, 2.75) is 32.2 Å². The van der Waals surface area contributed by atoms with Crippen molar-refractivity contribution in [3.63, 3.8) is 0 Å². The van der Waals surface area contributed by atoms with Crippen LogP contribution in [0.25, 0.3) is 0 Å². The SMILES string of the molecule is O=C(NCc1cccs1)[C@H]1C[C@]12CCN(C(=O)CCc1ccccc1)C2. The minimum Gasteiger partial charge on any atom is -0.351 e. The molecule has 1 saturated heterocycles. The van der Waals surface area contributed by atoms with E-state index in [-0.39, 0.29) is 23.1 Å². The Balaban J connectivity index is 1.24. The summed E-state index contributed by atoms with van der Waals surface area (Å²) in [5.74, 6) is 0.446. The Morgan fingerprint density at radius 2 is 2.04 bits per heavy atom. The third kappa shape index (κ3) is 3.68. The van der Waals surface area contributed by atoms with E-state index in [2.05, 4.69) is 17.4 Å². The number of carbonyl (C=O) groups excluding carboxylic acids is 2. The summed E-state index contributed by atoms with van der Waals surface area (Å²) in [6.45, 7) is 2.16. The molecule has 1 aliphatic carbocycles. The number of aryl methyl sites for hydroxylation is 1. The first-order valence-corrected chi connectivity index (χ1v) is 10.2. The van der Waals surface area contributed by atoms with Gasteiger partial charge in [-0.1, -0.05) is 36.4 Å². The molecule has 1 spiro atoms. The summed E-state index contributed by atoms with van der Waals surface area (Å²) < 4.78 is 0. The summed E-state index contributed by atoms with van der Waals surface area (Å²) >= 11 is 1.66. The molecule has 2 aliphatic rings. The lowest BCUT2D eigenvalue weighted by atomic mass is 10.0. The van der Waals surface area contributed by atoms with E-state index in [9.17, 15) is 9.59 Å². The Labute approximate surface area is 158 Å². The van der Waals surface area contributed by atoms with Crippen LogP contribution in [0.5, 0.6) is 0 Å². The van der Waals surface area contributed by atoms with Crippen molar-refractivity contribution in [1.82, 2.24) is 10.2 Å². The molecule has 1 aromatic heterocycles. The number of benzene rings is 1. The maximum Gasteiger partial charge on any atom is 0.224 e. The van der Waals surface area contributed by atoms with E-state index in [1.54, 1.807) is 11.3 Å². The number of rotatable bonds is 6. The van der Waals surface area contributed by atoms with Crippen molar-refractivity contribution < 1.29 is 9.59 Å². The molecule has 4 rings (SSSR count). The fourth-order valence-electron chi connectivity index (χ4n) is 4.04. The van der Waals surface area contributed by atoms with Crippen LogP contribution in [0.1, 0.15) is 29.7 Å². The van der Waals surface area contributed by atoms with Gasteiger partial charge in [-0.25, -0.2) is 0 Å². The molecule has 2 amide bonds. The third-order valence-corrected chi connectivity index (χ3v) is 6.61. The van der Waals surface area contributed by atoms with Gasteiger partial charge in [0.25, 0.3) is 0 Å². The van der Waals surface area contributed by atoms with Crippen molar-refractivity contribution in [3.8, 4) is 0 Å². The number of nitrogens with one attached hydrogen (secondary N) is 1. The molecule has 1 aromatic carbocycles. The molecule has 2 aromatic rings. The number of nitrogens with zero attached hydrogens (tertiary/aromatic N) is 1. The number of hydrogen-bond acceptors (Lipinski definition) is 3. The second-order valence-electron chi connectivity index (χ2n) is 7.47. The van der Waals surface area contributed by atoms with Crippen molar-refractivity contribution in [3.05, 3.63) is 58.3 Å². The lowest BCUT2D eigenvalue weighted by Crippen LogP contribution is -2.31. The Bertz CT molecular complexity index is 775. The predicted octanol–water partition coefficient (Wildman–Crippen LogP) is 3.24. The van der Waals surface area contributed by atoms with Gasteiger partial charge in [0.05, 0.1) is 6.54 Å². The molecule has 26 heavy (non-hydrogen) atoms. The quantitative estimate of drug-likeness (QED) is 0.851. The van der Waals surface area contributed by atoms with Crippen molar-refractivity contribution in [2.24, 2.45) is 11.3 Å². The summed E-state index contributed by atoms with van der Waals surface area (Å²) in [5.41, 5.74) is 1.24. The third-order valence-electron chi connectivity index (χ3n) is 5.73. The highest BCUT2D eigenvalue weighted by Gasteiger charge is 2.61. The van der Waals surface area contributed by atoms with Crippen LogP contribution in [0.15, 0.2) is 47.8 Å². The van der Waals surface area contributed by atoms with Crippen LogP contribution in [0.3, 0.4) is 0 Å². The maximum absolute atomic E-state index is 12.5. The average molecular weight is 369 g/mol. The normalized spacial score (nSPS) is 24.0. The summed E-state index contributed by atoms with van der Waals surface area (Å²) in [6.07, 6.45) is 3.22. The molecule has 1 aliphatic heterocycles. The van der Waals surface area contributed by atoms with Crippen LogP contribution in [0.4, 0.5) is 0 Å². The molecule has 4 nitrogen and oxygen atoms in total. The molecule has 2 heterocycles. The van der Waals surface area contributed by atoms with Gasteiger partial charge < -0.3 is 10.2 Å². The fourth-order valence-corrected chi connectivity index (χ4v) is 4.69. The highest BCUT2D eigenvalue weighted by molar-refractivity contribution is 7.09. The molecule has 0 unspecified atom stereocenters. The molecule has 0 bridgehead atoms. The molecule has 136 valence electrons. The van der Waals surface area contributed by atoms with Crippen molar-refractivity contribution in [2.75, 3.05) is 13.1 Å². The molecule has 5 heteroatoms. The Morgan fingerprint density at radius 3 is 2.81 bits per heavy atom. The molecule has 2 atom stereocenters. The molecule has 2 fully saturated rings. The van der Waals surface area contributed by atoms with E-state index in [1.165, 1.54) is 10.4 Å². The highest BCUT2D eigenvalue weighted by atomic mass is 32.1. The summed E-state index contributed by atoms with van der Waals surface area (Å²) in [7, 11) is 0. The Kier molecular flexibility index (Phi) is 4.81. The van der Waals surface area contributed by atoms with E-state index in [4.69, 9.17) is 0 Å². The van der Waals surface area contributed by atoms with E-state index in [0.717, 1.165) is 32.4 Å². The first-order chi connectivity index (χ1) is 12.7. The van der Waals surface area contributed by atoms with Crippen LogP contribution in [-0.4, -0.2) is 29.8 Å². The van der Waals surface area contributed by atoms with Crippen LogP contribution in [0, 0.1) is 11.3 Å². The second kappa shape index (κ2) is 7.23. The Morgan fingerprint density at radius 1 is 1.19 bits per heavy atom. The minimum absolute atomic E-state index is 0.0436. The zero-order chi connectivity index (χ0) is 18.0. The molecular formula is C21H24N2O2S. The lowest BCUT2D eigenvalue weighted by Gasteiger charge is -2.17. The van der Waals surface area contributed by atoms with Gasteiger partial charge in [-0.15, -0.1) is 11.3 Å². The second-order valence-corrected chi connectivity index (χ2v) is 8.50. The van der Waals surface area contributed by atoms with Gasteiger partial charge >= 0.3 is 0 Å². The lowest BCUT2D eigenvalue weighted by molar-refractivity contribution is -0.130. The molecule has 1 N–H and O–H groups in total. The highest BCUT2D eigenvalue weighted by Crippen LogP contribution is 2.58. The first-order valence-electron chi connectivity index (χ1n) is 9.28. The monoisotopic (exact) mass is 368 g/mol. The number of carbonyl (C=O) groups is 2. The van der Waals surface area contributed by atoms with Gasteiger partial charge in [-0.05, 0) is 36.3 Å². The number of thiophene rings is 1. The van der Waals surface area contributed by atoms with Gasteiger partial charge in [0.1, 0.15) is 0 Å². The predicted molar refractivity (Wildman–Crippen MR) is 103 cm³/mol. The van der Waals surface area contributed by atoms with Gasteiger partial charge in [-0.3, -0.25) is 9.59 Å². The number of likely N-dealkylation sites (tertiary alicyclic amines) is 1. The smallest absolute Gasteiger partial charge is 0.224 e. The van der Waals surface area contributed by atoms with Crippen LogP contribution < -0.4 is 5.32 Å². The van der Waals surface area contributed by atoms with E-state index in [0.29, 0.717) is 13.0 Å². The number of hydrogen-bond donors (Lipinski definition) is 1. The van der Waals surface area contributed by atoms with Crippen molar-refractivity contribution in [1.29, 1.82) is 0 Å². The van der Waals surface area contributed by atoms with Crippen LogP contribution >= 0.6 is 11.3 Å². The summed E-state index contributed by atoms with van der Waals surface area (Å²) in [5, 5.41) is 5.08. The first kappa shape index (κ1) is 17.3. The number of amides is 2. The molecule has 1 saturated carbocycles. The van der Waals surface area contributed by atoms with Gasteiger partial charge in [0.15, 0.2) is 0 Å². The van der Waals surface area contributed by atoms with Gasteiger partial charge in [-0.2, -0.15) is 0 Å². The zero-order valence-corrected chi connectivity index (χ0v) is 15.6. The van der Waals surface area contributed by atoms with Crippen molar-refractivity contribution >= 4 is 23.2 Å². The zero-order valence-electron chi connectivity index (χ0n) is 14.8. The average Bonchev–Trinajstić information content (AvgIpc) is 3.02. The molecular weight excluding hydrogens is 344 g/mol. The molecule has 0 radical (unpaired) electrons. The standard InChI is InChI=1S/C21H24N2O2S/c24-19(9-8-16-5-2-1-3-6-16)23-11-10-21(15-23)13-18(21)20(25)22-14-17-7-4-12-26-17/h1-7,12,18H,8-11,13-15H2,(H,22,25)/t18-,21+/m1/s1. The maximum atomic E-state index is 12.5. The van der Waals surface area contributed by atoms with E-state index in [1.807, 2.05) is 40.6 Å². The summed E-state index contributed by atoms with van der Waals surface area (Å²) in [4.78, 5) is 28.1. The van der Waals surface area contributed by atoms with E-state index < -0.39 is 0 Å². The van der Waals surface area contributed by atoms with Gasteiger partial charge in [0, 0.05) is 35.7 Å². The van der Waals surface area contributed by atoms with Gasteiger partial charge in [0.2, 0.25) is 11.8 Å². The Hall–Kier alpha value is -2.14. The van der Waals surface area contributed by atoms with E-state index >= 15 is 0 Å². The van der Waals surface area contributed by atoms with Crippen LogP contribution in [-0.2, 0) is 22.6 Å². The van der Waals surface area contributed by atoms with Crippen LogP contribution in [0.2, 0.25) is 0 Å².